The maximum Gasteiger partial charge on any atom is 0.131 e. The number of benzene rings is 1. The average Bonchev–Trinajstić information content (AvgIpc) is 2.50. The number of hydrogen-bond donors (Lipinski definition) is 1. The van der Waals surface area contributed by atoms with Gasteiger partial charge in [-0.1, -0.05) is 6.42 Å². The Hall–Kier alpha value is -1.51. The number of hydrogen-bond acceptors (Lipinski definition) is 3. The molecule has 1 aliphatic heterocycles. The highest BCUT2D eigenvalue weighted by Gasteiger charge is 2.17. The molecule has 1 aromatic carbocycles. The van der Waals surface area contributed by atoms with Crippen molar-refractivity contribution in [1.29, 1.82) is 5.26 Å². The van der Waals surface area contributed by atoms with E-state index in [-0.39, 0.29) is 17.7 Å². The summed E-state index contributed by atoms with van der Waals surface area (Å²) in [5.74, 6) is -1.32. The van der Waals surface area contributed by atoms with E-state index in [0.29, 0.717) is 12.6 Å². The molecule has 114 valence electrons. The molecule has 21 heavy (non-hydrogen) atoms. The van der Waals surface area contributed by atoms with Crippen molar-refractivity contribution in [2.75, 3.05) is 19.6 Å². The second kappa shape index (κ2) is 7.48. The quantitative estimate of drug-likeness (QED) is 0.907. The molecular formula is C16H21F2N3. The van der Waals surface area contributed by atoms with Crippen molar-refractivity contribution in [3.8, 4) is 6.07 Å². The van der Waals surface area contributed by atoms with Gasteiger partial charge >= 0.3 is 0 Å². The molecule has 0 amide bonds. The van der Waals surface area contributed by atoms with Crippen LogP contribution in [0.15, 0.2) is 12.1 Å². The van der Waals surface area contributed by atoms with Crippen molar-refractivity contribution >= 4 is 0 Å². The van der Waals surface area contributed by atoms with Crippen molar-refractivity contribution in [1.82, 2.24) is 10.2 Å². The predicted molar refractivity (Wildman–Crippen MR) is 77.7 cm³/mol. The molecule has 0 aliphatic carbocycles. The first kappa shape index (κ1) is 15.9. The van der Waals surface area contributed by atoms with E-state index >= 15 is 0 Å². The molecule has 1 saturated heterocycles. The van der Waals surface area contributed by atoms with E-state index in [1.807, 2.05) is 0 Å². The SMILES string of the molecule is CC(CNCc1c(F)cc(C#N)cc1F)N1CCCCC1. The first-order valence-corrected chi connectivity index (χ1v) is 7.44. The van der Waals surface area contributed by atoms with Gasteiger partial charge in [-0.15, -0.1) is 0 Å². The number of nitriles is 1. The summed E-state index contributed by atoms with van der Waals surface area (Å²) in [7, 11) is 0. The van der Waals surface area contributed by atoms with Gasteiger partial charge in [0.2, 0.25) is 0 Å². The molecule has 1 N–H and O–H groups in total. The summed E-state index contributed by atoms with van der Waals surface area (Å²) in [5, 5.41) is 11.8. The summed E-state index contributed by atoms with van der Waals surface area (Å²) in [6.07, 6.45) is 3.74. The van der Waals surface area contributed by atoms with Gasteiger partial charge in [0, 0.05) is 24.7 Å². The molecule has 5 heteroatoms. The van der Waals surface area contributed by atoms with Crippen LogP contribution in [0, 0.1) is 23.0 Å². The van der Waals surface area contributed by atoms with Gasteiger partial charge in [0.1, 0.15) is 11.6 Å². The summed E-state index contributed by atoms with van der Waals surface area (Å²) >= 11 is 0. The van der Waals surface area contributed by atoms with Crippen LogP contribution in [0.2, 0.25) is 0 Å². The number of rotatable bonds is 5. The lowest BCUT2D eigenvalue weighted by Crippen LogP contribution is -2.43. The highest BCUT2D eigenvalue weighted by Crippen LogP contribution is 2.15. The molecule has 0 radical (unpaired) electrons. The van der Waals surface area contributed by atoms with E-state index in [4.69, 9.17) is 5.26 Å². The standard InChI is InChI=1S/C16H21F2N3/c1-12(21-5-3-2-4-6-21)10-20-11-14-15(17)7-13(9-19)8-16(14)18/h7-8,12,20H,2-6,10-11H2,1H3. The highest BCUT2D eigenvalue weighted by atomic mass is 19.1. The van der Waals surface area contributed by atoms with Crippen LogP contribution in [0.1, 0.15) is 37.3 Å². The zero-order valence-electron chi connectivity index (χ0n) is 12.3. The predicted octanol–water partition coefficient (Wildman–Crippen LogP) is 2.80. The Balaban J connectivity index is 1.87. The number of nitrogens with zero attached hydrogens (tertiary/aromatic N) is 2. The topological polar surface area (TPSA) is 39.1 Å². The highest BCUT2D eigenvalue weighted by molar-refractivity contribution is 5.34. The van der Waals surface area contributed by atoms with E-state index in [2.05, 4.69) is 17.1 Å². The molecule has 0 bridgehead atoms. The van der Waals surface area contributed by atoms with Gasteiger partial charge in [0.05, 0.1) is 11.6 Å². The molecule has 0 saturated carbocycles. The van der Waals surface area contributed by atoms with Crippen molar-refractivity contribution in [2.24, 2.45) is 0 Å². The minimum atomic E-state index is -0.662. The molecule has 1 atom stereocenters. The Morgan fingerprint density at radius 1 is 1.24 bits per heavy atom. The van der Waals surface area contributed by atoms with Crippen LogP contribution in [0.4, 0.5) is 8.78 Å². The summed E-state index contributed by atoms with van der Waals surface area (Å²) in [6.45, 7) is 5.16. The molecule has 0 spiro atoms. The number of likely N-dealkylation sites (tertiary alicyclic amines) is 1. The number of piperidine rings is 1. The van der Waals surface area contributed by atoms with Gasteiger partial charge in [-0.2, -0.15) is 5.26 Å². The monoisotopic (exact) mass is 293 g/mol. The lowest BCUT2D eigenvalue weighted by Gasteiger charge is -2.32. The maximum absolute atomic E-state index is 13.7. The van der Waals surface area contributed by atoms with Crippen LogP contribution in [-0.4, -0.2) is 30.6 Å². The Morgan fingerprint density at radius 2 is 1.86 bits per heavy atom. The van der Waals surface area contributed by atoms with Crippen LogP contribution in [-0.2, 0) is 6.54 Å². The molecule has 0 aromatic heterocycles. The minimum absolute atomic E-state index is 0.000144. The molecule has 2 rings (SSSR count). The summed E-state index contributed by atoms with van der Waals surface area (Å²) in [6, 6.07) is 4.26. The molecular weight excluding hydrogens is 272 g/mol. The van der Waals surface area contributed by atoms with E-state index < -0.39 is 11.6 Å². The van der Waals surface area contributed by atoms with Crippen molar-refractivity contribution in [3.05, 3.63) is 34.9 Å². The maximum atomic E-state index is 13.7. The lowest BCUT2D eigenvalue weighted by atomic mass is 10.1. The van der Waals surface area contributed by atoms with Gasteiger partial charge in [0.15, 0.2) is 0 Å². The summed E-state index contributed by atoms with van der Waals surface area (Å²) in [5.41, 5.74) is 0.00952. The summed E-state index contributed by atoms with van der Waals surface area (Å²) in [4.78, 5) is 2.40. The van der Waals surface area contributed by atoms with Gasteiger partial charge in [-0.3, -0.25) is 4.90 Å². The molecule has 3 nitrogen and oxygen atoms in total. The third kappa shape index (κ3) is 4.23. The fraction of sp³-hybridized carbons (Fsp3) is 0.562. The van der Waals surface area contributed by atoms with Crippen LogP contribution in [0.25, 0.3) is 0 Å². The second-order valence-corrected chi connectivity index (χ2v) is 5.61. The van der Waals surface area contributed by atoms with Gasteiger partial charge in [-0.05, 0) is 45.0 Å². The Bertz CT molecular complexity index is 496. The Labute approximate surface area is 124 Å². The molecule has 1 aliphatic rings. The lowest BCUT2D eigenvalue weighted by molar-refractivity contribution is 0.170. The first-order valence-electron chi connectivity index (χ1n) is 7.44. The van der Waals surface area contributed by atoms with Gasteiger partial charge in [-0.25, -0.2) is 8.78 Å². The third-order valence-corrected chi connectivity index (χ3v) is 4.03. The van der Waals surface area contributed by atoms with Gasteiger partial charge < -0.3 is 5.32 Å². The average molecular weight is 293 g/mol. The molecule has 1 unspecified atom stereocenters. The number of halogens is 2. The fourth-order valence-corrected chi connectivity index (χ4v) is 2.73. The first-order chi connectivity index (χ1) is 10.1. The van der Waals surface area contributed by atoms with E-state index in [1.165, 1.54) is 19.3 Å². The molecule has 1 fully saturated rings. The normalized spacial score (nSPS) is 17.4. The number of nitrogens with one attached hydrogen (secondary N) is 1. The van der Waals surface area contributed by atoms with Crippen molar-refractivity contribution in [3.63, 3.8) is 0 Å². The molecule has 1 heterocycles. The fourth-order valence-electron chi connectivity index (χ4n) is 2.73. The van der Waals surface area contributed by atoms with Crippen molar-refractivity contribution < 1.29 is 8.78 Å². The largest absolute Gasteiger partial charge is 0.311 e. The third-order valence-electron chi connectivity index (χ3n) is 4.03. The van der Waals surface area contributed by atoms with E-state index in [0.717, 1.165) is 25.2 Å². The van der Waals surface area contributed by atoms with Crippen molar-refractivity contribution in [2.45, 2.75) is 38.8 Å². The zero-order chi connectivity index (χ0) is 15.2. The van der Waals surface area contributed by atoms with E-state index in [9.17, 15) is 8.78 Å². The zero-order valence-corrected chi connectivity index (χ0v) is 12.3. The van der Waals surface area contributed by atoms with Crippen LogP contribution >= 0.6 is 0 Å². The Kier molecular flexibility index (Phi) is 5.66. The van der Waals surface area contributed by atoms with Crippen LogP contribution in [0.3, 0.4) is 0 Å². The second-order valence-electron chi connectivity index (χ2n) is 5.61. The Morgan fingerprint density at radius 3 is 2.43 bits per heavy atom. The van der Waals surface area contributed by atoms with Crippen LogP contribution < -0.4 is 5.32 Å². The smallest absolute Gasteiger partial charge is 0.131 e. The molecule has 1 aromatic rings. The van der Waals surface area contributed by atoms with Gasteiger partial charge in [0.25, 0.3) is 0 Å². The summed E-state index contributed by atoms with van der Waals surface area (Å²) < 4.78 is 27.5. The van der Waals surface area contributed by atoms with Crippen LogP contribution in [0.5, 0.6) is 0 Å². The minimum Gasteiger partial charge on any atom is -0.311 e. The van der Waals surface area contributed by atoms with E-state index in [1.54, 1.807) is 6.07 Å².